The minimum atomic E-state index is -0.137. The molecule has 0 unspecified atom stereocenters. The quantitative estimate of drug-likeness (QED) is 0.810. The van der Waals surface area contributed by atoms with Crippen molar-refractivity contribution in [2.45, 2.75) is 6.54 Å². The Morgan fingerprint density at radius 3 is 3.11 bits per heavy atom. The van der Waals surface area contributed by atoms with E-state index in [2.05, 4.69) is 22.3 Å². The summed E-state index contributed by atoms with van der Waals surface area (Å²) in [5.41, 5.74) is 6.86. The SMILES string of the molecule is Cn1ccc(CNC(=O)c2sccc2C#CCN)n1. The van der Waals surface area contributed by atoms with E-state index in [0.717, 1.165) is 5.69 Å². The predicted molar refractivity (Wildman–Crippen MR) is 74.6 cm³/mol. The second-order valence-electron chi connectivity index (χ2n) is 3.83. The second kappa shape index (κ2) is 6.18. The summed E-state index contributed by atoms with van der Waals surface area (Å²) in [5, 5.41) is 8.87. The Hall–Kier alpha value is -2.10. The lowest BCUT2D eigenvalue weighted by Gasteiger charge is -2.01. The third-order valence-corrected chi connectivity index (χ3v) is 3.31. The van der Waals surface area contributed by atoms with E-state index < -0.39 is 0 Å². The van der Waals surface area contributed by atoms with E-state index in [4.69, 9.17) is 5.73 Å². The number of nitrogens with one attached hydrogen (secondary N) is 1. The van der Waals surface area contributed by atoms with Crippen LogP contribution < -0.4 is 11.1 Å². The first kappa shape index (κ1) is 13.3. The lowest BCUT2D eigenvalue weighted by molar-refractivity contribution is 0.0954. The van der Waals surface area contributed by atoms with Crippen LogP contribution in [0.1, 0.15) is 20.9 Å². The highest BCUT2D eigenvalue weighted by molar-refractivity contribution is 7.12. The summed E-state index contributed by atoms with van der Waals surface area (Å²) in [7, 11) is 1.84. The molecular formula is C13H14N4OS. The topological polar surface area (TPSA) is 72.9 Å². The van der Waals surface area contributed by atoms with Gasteiger partial charge < -0.3 is 11.1 Å². The maximum atomic E-state index is 12.0. The van der Waals surface area contributed by atoms with E-state index >= 15 is 0 Å². The van der Waals surface area contributed by atoms with E-state index in [-0.39, 0.29) is 12.5 Å². The maximum absolute atomic E-state index is 12.0. The molecule has 3 N–H and O–H groups in total. The summed E-state index contributed by atoms with van der Waals surface area (Å²) in [4.78, 5) is 12.6. The van der Waals surface area contributed by atoms with Gasteiger partial charge in [-0.05, 0) is 17.5 Å². The summed E-state index contributed by atoms with van der Waals surface area (Å²) in [6, 6.07) is 3.69. The van der Waals surface area contributed by atoms with Crippen LogP contribution in [0.25, 0.3) is 0 Å². The summed E-state index contributed by atoms with van der Waals surface area (Å²) in [5.74, 6) is 5.51. The zero-order chi connectivity index (χ0) is 13.7. The molecule has 0 aliphatic carbocycles. The minimum Gasteiger partial charge on any atom is -0.346 e. The minimum absolute atomic E-state index is 0.137. The number of carbonyl (C=O) groups excluding carboxylic acids is 1. The number of aryl methyl sites for hydroxylation is 1. The van der Waals surface area contributed by atoms with Gasteiger partial charge >= 0.3 is 0 Å². The van der Waals surface area contributed by atoms with Crippen molar-refractivity contribution in [1.29, 1.82) is 0 Å². The van der Waals surface area contributed by atoms with Crippen molar-refractivity contribution in [1.82, 2.24) is 15.1 Å². The van der Waals surface area contributed by atoms with Crippen molar-refractivity contribution in [3.05, 3.63) is 39.8 Å². The van der Waals surface area contributed by atoms with Gasteiger partial charge in [0.1, 0.15) is 4.88 Å². The van der Waals surface area contributed by atoms with Crippen LogP contribution in [-0.2, 0) is 13.6 Å². The van der Waals surface area contributed by atoms with Gasteiger partial charge in [0, 0.05) is 18.8 Å². The fourth-order valence-electron chi connectivity index (χ4n) is 1.54. The fraction of sp³-hybridized carbons (Fsp3) is 0.231. The van der Waals surface area contributed by atoms with Crippen molar-refractivity contribution < 1.29 is 4.79 Å². The average molecular weight is 274 g/mol. The largest absolute Gasteiger partial charge is 0.346 e. The molecule has 0 atom stereocenters. The fourth-order valence-corrected chi connectivity index (χ4v) is 2.30. The Morgan fingerprint density at radius 2 is 2.42 bits per heavy atom. The number of hydrogen-bond acceptors (Lipinski definition) is 4. The monoisotopic (exact) mass is 274 g/mol. The van der Waals surface area contributed by atoms with Crippen molar-refractivity contribution >= 4 is 17.2 Å². The Labute approximate surface area is 115 Å². The number of carbonyl (C=O) groups is 1. The van der Waals surface area contributed by atoms with Crippen molar-refractivity contribution in [3.63, 3.8) is 0 Å². The Kier molecular flexibility index (Phi) is 4.34. The number of rotatable bonds is 3. The Balaban J connectivity index is 2.02. The first-order valence-electron chi connectivity index (χ1n) is 5.74. The van der Waals surface area contributed by atoms with Crippen LogP contribution >= 0.6 is 11.3 Å². The molecule has 0 saturated carbocycles. The highest BCUT2D eigenvalue weighted by Gasteiger charge is 2.11. The van der Waals surface area contributed by atoms with Crippen LogP contribution in [0.15, 0.2) is 23.7 Å². The van der Waals surface area contributed by atoms with E-state index in [1.807, 2.05) is 30.8 Å². The zero-order valence-electron chi connectivity index (χ0n) is 10.5. The molecule has 6 heteroatoms. The third kappa shape index (κ3) is 3.44. The van der Waals surface area contributed by atoms with Gasteiger partial charge in [-0.3, -0.25) is 9.48 Å². The molecule has 98 valence electrons. The molecule has 2 rings (SSSR count). The van der Waals surface area contributed by atoms with Crippen LogP contribution in [0, 0.1) is 11.8 Å². The molecule has 0 saturated heterocycles. The standard InChI is InChI=1S/C13H14N4OS/c1-17-7-4-11(16-17)9-15-13(18)12-10(3-2-6-14)5-8-19-12/h4-5,7-8H,6,9,14H2,1H3,(H,15,18). The van der Waals surface area contributed by atoms with E-state index in [1.54, 1.807) is 4.68 Å². The molecule has 0 fully saturated rings. The van der Waals surface area contributed by atoms with E-state index in [1.165, 1.54) is 11.3 Å². The number of nitrogens with two attached hydrogens (primary N) is 1. The summed E-state index contributed by atoms with van der Waals surface area (Å²) < 4.78 is 1.70. The summed E-state index contributed by atoms with van der Waals surface area (Å²) in [6.45, 7) is 0.687. The van der Waals surface area contributed by atoms with Gasteiger partial charge in [-0.1, -0.05) is 11.8 Å². The predicted octanol–water partition coefficient (Wildman–Crippen LogP) is 0.722. The van der Waals surface area contributed by atoms with Crippen LogP contribution in [0.3, 0.4) is 0 Å². The normalized spacial score (nSPS) is 9.79. The molecule has 0 spiro atoms. The second-order valence-corrected chi connectivity index (χ2v) is 4.75. The van der Waals surface area contributed by atoms with Gasteiger partial charge in [-0.2, -0.15) is 5.10 Å². The first-order chi connectivity index (χ1) is 9.20. The highest BCUT2D eigenvalue weighted by atomic mass is 32.1. The van der Waals surface area contributed by atoms with Gasteiger partial charge in [0.05, 0.1) is 18.8 Å². The third-order valence-electron chi connectivity index (χ3n) is 2.40. The first-order valence-corrected chi connectivity index (χ1v) is 6.62. The maximum Gasteiger partial charge on any atom is 0.262 e. The van der Waals surface area contributed by atoms with Crippen molar-refractivity contribution in [2.24, 2.45) is 12.8 Å². The lowest BCUT2D eigenvalue weighted by Crippen LogP contribution is -2.22. The molecule has 2 aromatic heterocycles. The van der Waals surface area contributed by atoms with Crippen LogP contribution in [-0.4, -0.2) is 22.2 Å². The molecule has 0 bridgehead atoms. The number of aromatic nitrogens is 2. The van der Waals surface area contributed by atoms with Gasteiger partial charge in [-0.15, -0.1) is 11.3 Å². The number of hydrogen-bond donors (Lipinski definition) is 2. The Bertz CT molecular complexity index is 632. The van der Waals surface area contributed by atoms with Crippen LogP contribution in [0.5, 0.6) is 0 Å². The number of thiophene rings is 1. The molecule has 0 aromatic carbocycles. The molecule has 19 heavy (non-hydrogen) atoms. The van der Waals surface area contributed by atoms with Crippen LogP contribution in [0.4, 0.5) is 0 Å². The van der Waals surface area contributed by atoms with E-state index in [9.17, 15) is 4.79 Å². The molecule has 0 radical (unpaired) electrons. The number of amides is 1. The van der Waals surface area contributed by atoms with Gasteiger partial charge in [0.25, 0.3) is 5.91 Å². The van der Waals surface area contributed by atoms with Gasteiger partial charge in [0.2, 0.25) is 0 Å². The number of nitrogens with zero attached hydrogens (tertiary/aromatic N) is 2. The van der Waals surface area contributed by atoms with E-state index in [0.29, 0.717) is 17.0 Å². The molecule has 0 aliphatic rings. The molecule has 0 aliphatic heterocycles. The molecule has 2 aromatic rings. The average Bonchev–Trinajstić information content (AvgIpc) is 3.02. The van der Waals surface area contributed by atoms with Crippen molar-refractivity contribution in [2.75, 3.05) is 6.54 Å². The molecule has 5 nitrogen and oxygen atoms in total. The van der Waals surface area contributed by atoms with Gasteiger partial charge in [0.15, 0.2) is 0 Å². The Morgan fingerprint density at radius 1 is 1.58 bits per heavy atom. The summed E-state index contributed by atoms with van der Waals surface area (Å²) >= 11 is 1.37. The molecule has 1 amide bonds. The summed E-state index contributed by atoms with van der Waals surface area (Å²) in [6.07, 6.45) is 1.84. The smallest absolute Gasteiger partial charge is 0.262 e. The molecule has 2 heterocycles. The van der Waals surface area contributed by atoms with Crippen molar-refractivity contribution in [3.8, 4) is 11.8 Å². The highest BCUT2D eigenvalue weighted by Crippen LogP contribution is 2.15. The van der Waals surface area contributed by atoms with Crippen LogP contribution in [0.2, 0.25) is 0 Å². The zero-order valence-corrected chi connectivity index (χ0v) is 11.3. The molecular weight excluding hydrogens is 260 g/mol. The van der Waals surface area contributed by atoms with Gasteiger partial charge in [-0.25, -0.2) is 0 Å². The lowest BCUT2D eigenvalue weighted by atomic mass is 10.2.